The van der Waals surface area contributed by atoms with Gasteiger partial charge in [0.2, 0.25) is 0 Å². The summed E-state index contributed by atoms with van der Waals surface area (Å²) < 4.78 is 19.5. The van der Waals surface area contributed by atoms with Crippen molar-refractivity contribution in [2.24, 2.45) is 0 Å². The molecule has 0 amide bonds. The molecule has 0 saturated heterocycles. The van der Waals surface area contributed by atoms with E-state index in [1.165, 1.54) is 6.33 Å². The molecule has 6 aromatic heterocycles. The highest BCUT2D eigenvalue weighted by molar-refractivity contribution is 6.11. The van der Waals surface area contributed by atoms with Crippen LogP contribution in [0.4, 0.5) is 0 Å². The second-order valence-electron chi connectivity index (χ2n) is 14.2. The minimum atomic E-state index is 0.324. The summed E-state index contributed by atoms with van der Waals surface area (Å²) in [6.45, 7) is 0. The van der Waals surface area contributed by atoms with Gasteiger partial charge in [-0.05, 0) is 84.9 Å². The Labute approximate surface area is 335 Å². The monoisotopic (exact) mass is 763 g/mol. The molecule has 6 aromatic carbocycles. The normalized spacial score (nSPS) is 11.7. The second-order valence-corrected chi connectivity index (χ2v) is 14.2. The van der Waals surface area contributed by atoms with Crippen LogP contribution < -0.4 is 9.47 Å². The van der Waals surface area contributed by atoms with Crippen LogP contribution in [-0.4, -0.2) is 44.1 Å². The SMILES string of the molecule is c1ccc(-n2c3ccccc3c3ccc(Oc4ccc5c6ccc(Oc7ccc8c9ccccc9n(-c9ccccn9)c8c7)cc6n(-c6nncnn6)c5c4)cc32)nc1. The Morgan fingerprint density at radius 3 is 1.12 bits per heavy atom. The lowest BCUT2D eigenvalue weighted by Gasteiger charge is -2.10. The molecule has 12 rings (SSSR count). The van der Waals surface area contributed by atoms with Crippen LogP contribution >= 0.6 is 0 Å². The highest BCUT2D eigenvalue weighted by Gasteiger charge is 2.19. The molecule has 0 aliphatic carbocycles. The Morgan fingerprint density at radius 1 is 0.339 bits per heavy atom. The molecule has 0 N–H and O–H groups in total. The molecule has 0 atom stereocenters. The van der Waals surface area contributed by atoms with E-state index in [9.17, 15) is 0 Å². The Kier molecular flexibility index (Phi) is 7.26. The van der Waals surface area contributed by atoms with E-state index in [2.05, 4.69) is 112 Å². The van der Waals surface area contributed by atoms with Gasteiger partial charge in [-0.2, -0.15) is 0 Å². The molecule has 0 bridgehead atoms. The van der Waals surface area contributed by atoms with E-state index in [1.807, 2.05) is 102 Å². The molecule has 0 spiro atoms. The Balaban J connectivity index is 0.955. The fourth-order valence-electron chi connectivity index (χ4n) is 8.37. The van der Waals surface area contributed by atoms with Gasteiger partial charge in [0, 0.05) is 69.0 Å². The maximum absolute atomic E-state index is 6.62. The van der Waals surface area contributed by atoms with Gasteiger partial charge in [0.1, 0.15) is 34.6 Å². The number of fused-ring (bicyclic) bond motifs is 9. The van der Waals surface area contributed by atoms with Gasteiger partial charge in [0.25, 0.3) is 5.95 Å². The van der Waals surface area contributed by atoms with Crippen LogP contribution in [0.1, 0.15) is 0 Å². The summed E-state index contributed by atoms with van der Waals surface area (Å²) in [5, 5.41) is 23.4. The molecule has 11 heteroatoms. The molecule has 0 aliphatic rings. The lowest BCUT2D eigenvalue weighted by atomic mass is 10.1. The predicted molar refractivity (Wildman–Crippen MR) is 229 cm³/mol. The standard InChI is InChI=1S/C48H29N9O2/c1-3-11-40-34(9-1)36-19-15-30(25-42(36)55(40)46-13-5-7-23-49-46)58-32-17-21-38-39-22-18-33(28-45(39)57(44(38)27-32)48-53-51-29-52-54-48)59-31-16-20-37-35-10-2-4-12-41(35)56(43(37)26-31)47-14-6-8-24-50-47/h1-29H. The summed E-state index contributed by atoms with van der Waals surface area (Å²) in [7, 11) is 0. The third kappa shape index (κ3) is 5.29. The number of pyridine rings is 2. The first kappa shape index (κ1) is 32.8. The van der Waals surface area contributed by atoms with Crippen LogP contribution in [0.3, 0.4) is 0 Å². The molecule has 6 heterocycles. The van der Waals surface area contributed by atoms with Crippen molar-refractivity contribution in [3.05, 3.63) is 176 Å². The number of para-hydroxylation sites is 2. The van der Waals surface area contributed by atoms with E-state index in [0.717, 1.165) is 77.1 Å². The molecule has 0 fully saturated rings. The summed E-state index contributed by atoms with van der Waals surface area (Å²) in [6, 6.07) is 53.0. The molecule has 0 saturated carbocycles. The molecule has 12 aromatic rings. The van der Waals surface area contributed by atoms with Crippen LogP contribution in [0.5, 0.6) is 23.0 Å². The lowest BCUT2D eigenvalue weighted by Crippen LogP contribution is -2.03. The maximum atomic E-state index is 6.62. The zero-order chi connectivity index (χ0) is 38.9. The van der Waals surface area contributed by atoms with E-state index >= 15 is 0 Å². The highest BCUT2D eigenvalue weighted by atomic mass is 16.5. The summed E-state index contributed by atoms with van der Waals surface area (Å²) in [5.41, 5.74) is 5.80. The van der Waals surface area contributed by atoms with Crippen molar-refractivity contribution in [2.75, 3.05) is 0 Å². The zero-order valence-corrected chi connectivity index (χ0v) is 31.1. The van der Waals surface area contributed by atoms with Gasteiger partial charge in [0.05, 0.1) is 33.1 Å². The van der Waals surface area contributed by atoms with Gasteiger partial charge < -0.3 is 9.47 Å². The number of rotatable bonds is 7. The smallest absolute Gasteiger partial charge is 0.273 e. The van der Waals surface area contributed by atoms with Gasteiger partial charge in [-0.3, -0.25) is 13.7 Å². The van der Waals surface area contributed by atoms with Crippen molar-refractivity contribution >= 4 is 65.4 Å². The third-order valence-corrected chi connectivity index (χ3v) is 10.8. The number of benzene rings is 6. The van der Waals surface area contributed by atoms with Crippen molar-refractivity contribution in [3.8, 4) is 40.6 Å². The highest BCUT2D eigenvalue weighted by Crippen LogP contribution is 2.40. The maximum Gasteiger partial charge on any atom is 0.273 e. The molecule has 0 unspecified atom stereocenters. The first-order valence-electron chi connectivity index (χ1n) is 19.1. The van der Waals surface area contributed by atoms with Gasteiger partial charge in [0.15, 0.2) is 6.33 Å². The number of ether oxygens (including phenoxy) is 2. The van der Waals surface area contributed by atoms with Crippen molar-refractivity contribution in [1.82, 2.24) is 44.1 Å². The van der Waals surface area contributed by atoms with E-state index in [-0.39, 0.29) is 0 Å². The molecule has 11 nitrogen and oxygen atoms in total. The van der Waals surface area contributed by atoms with Crippen molar-refractivity contribution in [2.45, 2.75) is 0 Å². The number of hydrogen-bond acceptors (Lipinski definition) is 8. The molecular formula is C48H29N9O2. The predicted octanol–water partition coefficient (Wildman–Crippen LogP) is 10.9. The number of nitrogens with zero attached hydrogens (tertiary/aromatic N) is 9. The lowest BCUT2D eigenvalue weighted by molar-refractivity contribution is 0.484. The Hall–Kier alpha value is -8.44. The summed E-state index contributed by atoms with van der Waals surface area (Å²) in [4.78, 5) is 9.36. The number of hydrogen-bond donors (Lipinski definition) is 0. The topological polar surface area (TPSA) is 111 Å². The molecule has 0 radical (unpaired) electrons. The molecule has 0 aliphatic heterocycles. The van der Waals surface area contributed by atoms with E-state index in [1.54, 1.807) is 0 Å². The van der Waals surface area contributed by atoms with E-state index in [4.69, 9.17) is 9.47 Å². The fraction of sp³-hybridized carbons (Fsp3) is 0. The van der Waals surface area contributed by atoms with Crippen LogP contribution in [-0.2, 0) is 0 Å². The zero-order valence-electron chi connectivity index (χ0n) is 31.1. The van der Waals surface area contributed by atoms with Gasteiger partial charge >= 0.3 is 0 Å². The summed E-state index contributed by atoms with van der Waals surface area (Å²) in [6.07, 6.45) is 4.94. The van der Waals surface area contributed by atoms with Crippen LogP contribution in [0, 0.1) is 0 Å². The summed E-state index contributed by atoms with van der Waals surface area (Å²) in [5.74, 6) is 4.66. The Morgan fingerprint density at radius 2 is 0.712 bits per heavy atom. The average molecular weight is 764 g/mol. The molecular weight excluding hydrogens is 735 g/mol. The Bertz CT molecular complexity index is 3350. The first-order valence-corrected chi connectivity index (χ1v) is 19.1. The first-order chi connectivity index (χ1) is 29.2. The van der Waals surface area contributed by atoms with Gasteiger partial charge in [-0.25, -0.2) is 9.97 Å². The largest absolute Gasteiger partial charge is 0.457 e. The van der Waals surface area contributed by atoms with Crippen molar-refractivity contribution < 1.29 is 9.47 Å². The van der Waals surface area contributed by atoms with Gasteiger partial charge in [-0.1, -0.05) is 48.5 Å². The molecule has 278 valence electrons. The minimum absolute atomic E-state index is 0.324. The fourth-order valence-corrected chi connectivity index (χ4v) is 8.37. The van der Waals surface area contributed by atoms with E-state index in [0.29, 0.717) is 28.9 Å². The molecule has 59 heavy (non-hydrogen) atoms. The average Bonchev–Trinajstić information content (AvgIpc) is 3.92. The second kappa shape index (κ2) is 13.1. The van der Waals surface area contributed by atoms with Crippen molar-refractivity contribution in [1.29, 1.82) is 0 Å². The van der Waals surface area contributed by atoms with Crippen LogP contribution in [0.2, 0.25) is 0 Å². The van der Waals surface area contributed by atoms with E-state index < -0.39 is 0 Å². The number of aromatic nitrogens is 9. The van der Waals surface area contributed by atoms with Gasteiger partial charge in [-0.15, -0.1) is 20.4 Å². The quantitative estimate of drug-likeness (QED) is 0.158. The minimum Gasteiger partial charge on any atom is -0.457 e. The van der Waals surface area contributed by atoms with Crippen LogP contribution in [0.25, 0.3) is 83.0 Å². The third-order valence-electron chi connectivity index (χ3n) is 10.8. The van der Waals surface area contributed by atoms with Crippen molar-refractivity contribution in [3.63, 3.8) is 0 Å². The van der Waals surface area contributed by atoms with Crippen LogP contribution in [0.15, 0.2) is 176 Å². The summed E-state index contributed by atoms with van der Waals surface area (Å²) >= 11 is 0.